The predicted molar refractivity (Wildman–Crippen MR) is 58.0 cm³/mol. The van der Waals surface area contributed by atoms with Gasteiger partial charge in [0.1, 0.15) is 0 Å². The van der Waals surface area contributed by atoms with Crippen molar-refractivity contribution in [3.05, 3.63) is 0 Å². The fourth-order valence-electron chi connectivity index (χ4n) is 4.25. The Morgan fingerprint density at radius 2 is 1.88 bits per heavy atom. The van der Waals surface area contributed by atoms with Gasteiger partial charge in [0.25, 0.3) is 0 Å². The summed E-state index contributed by atoms with van der Waals surface area (Å²) >= 11 is 0. The summed E-state index contributed by atoms with van der Waals surface area (Å²) in [5.41, 5.74) is 0.406. The lowest BCUT2D eigenvalue weighted by Crippen LogP contribution is -2.49. The van der Waals surface area contributed by atoms with Crippen LogP contribution in [-0.4, -0.2) is 31.2 Å². The third-order valence-corrected chi connectivity index (χ3v) is 5.38. The van der Waals surface area contributed by atoms with Crippen molar-refractivity contribution in [2.24, 2.45) is 11.3 Å². The Labute approximate surface area is 96.4 Å². The zero-order valence-electron chi connectivity index (χ0n) is 9.91. The molecule has 0 amide bonds. The third-order valence-electron chi connectivity index (χ3n) is 5.38. The molecule has 2 saturated carbocycles. The molecule has 2 saturated heterocycles. The van der Waals surface area contributed by atoms with Crippen molar-refractivity contribution in [2.75, 3.05) is 13.2 Å². The molecule has 4 atom stereocenters. The summed E-state index contributed by atoms with van der Waals surface area (Å²) in [6, 6.07) is 0. The van der Waals surface area contributed by atoms with Crippen molar-refractivity contribution in [3.63, 3.8) is 0 Å². The molecule has 1 spiro atoms. The molecule has 0 N–H and O–H groups in total. The monoisotopic (exact) mass is 224 g/mol. The van der Waals surface area contributed by atoms with E-state index in [0.29, 0.717) is 17.6 Å². The van der Waals surface area contributed by atoms with Gasteiger partial charge < -0.3 is 14.2 Å². The van der Waals surface area contributed by atoms with Crippen LogP contribution in [0.4, 0.5) is 0 Å². The maximum atomic E-state index is 5.86. The molecule has 3 nitrogen and oxygen atoms in total. The zero-order chi connectivity index (χ0) is 10.8. The molecule has 4 rings (SSSR count). The van der Waals surface area contributed by atoms with E-state index in [1.807, 2.05) is 0 Å². The second kappa shape index (κ2) is 3.01. The van der Waals surface area contributed by atoms with Crippen molar-refractivity contribution >= 4 is 0 Å². The normalized spacial score (nSPS) is 53.4. The Morgan fingerprint density at radius 3 is 2.69 bits per heavy atom. The van der Waals surface area contributed by atoms with Crippen molar-refractivity contribution < 1.29 is 14.2 Å². The quantitative estimate of drug-likeness (QED) is 0.590. The molecule has 0 radical (unpaired) electrons. The van der Waals surface area contributed by atoms with Crippen LogP contribution in [-0.2, 0) is 14.2 Å². The average Bonchev–Trinajstić information content (AvgIpc) is 2.96. The highest BCUT2D eigenvalue weighted by molar-refractivity contribution is 5.09. The summed E-state index contributed by atoms with van der Waals surface area (Å²) in [6.07, 6.45) is 7.04. The fourth-order valence-corrected chi connectivity index (χ4v) is 4.25. The SMILES string of the molecule is C[C@@]12CCC3(C[C@H]1CC[C@H]1O[C@@H]12)OCCO3. The Kier molecular flexibility index (Phi) is 1.85. The first-order valence-electron chi connectivity index (χ1n) is 6.65. The minimum atomic E-state index is -0.216. The maximum absolute atomic E-state index is 5.86. The Balaban J connectivity index is 1.59. The van der Waals surface area contributed by atoms with Gasteiger partial charge in [-0.3, -0.25) is 0 Å². The summed E-state index contributed by atoms with van der Waals surface area (Å²) in [5.74, 6) is 0.523. The molecule has 0 aromatic heterocycles. The topological polar surface area (TPSA) is 31.0 Å². The van der Waals surface area contributed by atoms with E-state index in [1.165, 1.54) is 19.3 Å². The van der Waals surface area contributed by atoms with Crippen LogP contribution in [0.2, 0.25) is 0 Å². The largest absolute Gasteiger partial charge is 0.369 e. The van der Waals surface area contributed by atoms with Crippen molar-refractivity contribution in [2.45, 2.75) is 57.0 Å². The molecule has 2 aliphatic heterocycles. The van der Waals surface area contributed by atoms with E-state index >= 15 is 0 Å². The molecular weight excluding hydrogens is 204 g/mol. The molecule has 2 aliphatic carbocycles. The summed E-state index contributed by atoms with van der Waals surface area (Å²) in [5, 5.41) is 0. The van der Waals surface area contributed by atoms with Gasteiger partial charge in [0.15, 0.2) is 5.79 Å². The van der Waals surface area contributed by atoms with Gasteiger partial charge in [-0.2, -0.15) is 0 Å². The number of rotatable bonds is 0. The second-order valence-electron chi connectivity index (χ2n) is 6.19. The van der Waals surface area contributed by atoms with E-state index < -0.39 is 0 Å². The molecule has 4 aliphatic rings. The van der Waals surface area contributed by atoms with Gasteiger partial charge in [-0.05, 0) is 30.6 Å². The molecule has 0 unspecified atom stereocenters. The van der Waals surface area contributed by atoms with Crippen LogP contribution in [0.5, 0.6) is 0 Å². The minimum absolute atomic E-state index is 0.216. The summed E-state index contributed by atoms with van der Waals surface area (Å²) in [6.45, 7) is 3.99. The third kappa shape index (κ3) is 1.20. The molecule has 0 aromatic rings. The Hall–Kier alpha value is -0.120. The highest BCUT2D eigenvalue weighted by atomic mass is 16.7. The lowest BCUT2D eigenvalue weighted by molar-refractivity contribution is -0.210. The van der Waals surface area contributed by atoms with Crippen LogP contribution in [0.15, 0.2) is 0 Å². The molecule has 3 heteroatoms. The molecule has 2 heterocycles. The van der Waals surface area contributed by atoms with Crippen LogP contribution < -0.4 is 0 Å². The number of ether oxygens (including phenoxy) is 3. The lowest BCUT2D eigenvalue weighted by atomic mass is 9.59. The van der Waals surface area contributed by atoms with Gasteiger partial charge >= 0.3 is 0 Å². The standard InChI is InChI=1S/C13H20O3/c1-12-4-5-13(14-6-7-15-13)8-9(12)2-3-10-11(12)16-10/h9-11H,2-8H2,1H3/t9-,10-,11+,12-/m1/s1. The summed E-state index contributed by atoms with van der Waals surface area (Å²) in [4.78, 5) is 0. The maximum Gasteiger partial charge on any atom is 0.168 e. The van der Waals surface area contributed by atoms with Crippen LogP contribution in [0.25, 0.3) is 0 Å². The number of epoxide rings is 1. The van der Waals surface area contributed by atoms with E-state index in [1.54, 1.807) is 0 Å². The van der Waals surface area contributed by atoms with Crippen molar-refractivity contribution in [1.82, 2.24) is 0 Å². The predicted octanol–water partition coefficient (Wildman–Crippen LogP) is 2.10. The molecule has 4 fully saturated rings. The van der Waals surface area contributed by atoms with E-state index in [0.717, 1.165) is 32.0 Å². The number of fused-ring (bicyclic) bond motifs is 3. The first kappa shape index (κ1) is 9.86. The molecule has 0 bridgehead atoms. The van der Waals surface area contributed by atoms with E-state index in [-0.39, 0.29) is 5.79 Å². The van der Waals surface area contributed by atoms with Gasteiger partial charge in [-0.1, -0.05) is 6.92 Å². The summed E-state index contributed by atoms with van der Waals surface area (Å²) < 4.78 is 17.5. The molecular formula is C13H20O3. The Morgan fingerprint density at radius 1 is 1.06 bits per heavy atom. The van der Waals surface area contributed by atoms with E-state index in [9.17, 15) is 0 Å². The zero-order valence-corrected chi connectivity index (χ0v) is 9.91. The van der Waals surface area contributed by atoms with Gasteiger partial charge in [-0.25, -0.2) is 0 Å². The number of hydrogen-bond acceptors (Lipinski definition) is 3. The Bertz CT molecular complexity index is 310. The number of hydrogen-bond donors (Lipinski definition) is 0. The molecule has 0 aromatic carbocycles. The molecule has 16 heavy (non-hydrogen) atoms. The van der Waals surface area contributed by atoms with Gasteiger partial charge in [0.2, 0.25) is 0 Å². The van der Waals surface area contributed by atoms with Gasteiger partial charge in [0.05, 0.1) is 25.4 Å². The van der Waals surface area contributed by atoms with Crippen LogP contribution in [0, 0.1) is 11.3 Å². The van der Waals surface area contributed by atoms with Crippen LogP contribution in [0.1, 0.15) is 39.0 Å². The van der Waals surface area contributed by atoms with Crippen molar-refractivity contribution in [3.8, 4) is 0 Å². The fraction of sp³-hybridized carbons (Fsp3) is 1.00. The first-order valence-corrected chi connectivity index (χ1v) is 6.65. The average molecular weight is 224 g/mol. The highest BCUT2D eigenvalue weighted by Crippen LogP contribution is 2.60. The minimum Gasteiger partial charge on any atom is -0.369 e. The van der Waals surface area contributed by atoms with Crippen LogP contribution >= 0.6 is 0 Å². The van der Waals surface area contributed by atoms with Gasteiger partial charge in [-0.15, -0.1) is 0 Å². The second-order valence-corrected chi connectivity index (χ2v) is 6.19. The molecule has 90 valence electrons. The highest BCUT2D eigenvalue weighted by Gasteiger charge is 2.62. The van der Waals surface area contributed by atoms with Crippen molar-refractivity contribution in [1.29, 1.82) is 0 Å². The first-order chi connectivity index (χ1) is 7.72. The van der Waals surface area contributed by atoms with E-state index in [4.69, 9.17) is 14.2 Å². The summed E-state index contributed by atoms with van der Waals surface area (Å²) in [7, 11) is 0. The lowest BCUT2D eigenvalue weighted by Gasteiger charge is -2.48. The smallest absolute Gasteiger partial charge is 0.168 e. The van der Waals surface area contributed by atoms with E-state index in [2.05, 4.69) is 6.92 Å². The van der Waals surface area contributed by atoms with Gasteiger partial charge in [0, 0.05) is 12.8 Å². The van der Waals surface area contributed by atoms with Crippen LogP contribution in [0.3, 0.4) is 0 Å².